The maximum absolute atomic E-state index is 12.0. The molecule has 1 amide bonds. The molecule has 2 aliphatic rings. The second kappa shape index (κ2) is 4.70. The van der Waals surface area contributed by atoms with E-state index in [-0.39, 0.29) is 18.1 Å². The van der Waals surface area contributed by atoms with Gasteiger partial charge in [0.2, 0.25) is 0 Å². The molecule has 5 heteroatoms. The van der Waals surface area contributed by atoms with Gasteiger partial charge in [-0.15, -0.1) is 0 Å². The lowest BCUT2D eigenvalue weighted by Gasteiger charge is -2.42. The number of hydrogen-bond acceptors (Lipinski definition) is 4. The fourth-order valence-corrected chi connectivity index (χ4v) is 2.88. The van der Waals surface area contributed by atoms with Gasteiger partial charge in [-0.3, -0.25) is 0 Å². The van der Waals surface area contributed by atoms with E-state index in [9.17, 15) is 9.90 Å². The van der Waals surface area contributed by atoms with Gasteiger partial charge in [-0.25, -0.2) is 4.79 Å². The number of aliphatic hydroxyl groups is 1. The lowest BCUT2D eigenvalue weighted by Crippen LogP contribution is -2.51. The highest BCUT2D eigenvalue weighted by Gasteiger charge is 2.47. The highest BCUT2D eigenvalue weighted by atomic mass is 16.6. The maximum Gasteiger partial charge on any atom is 0.410 e. The van der Waals surface area contributed by atoms with Gasteiger partial charge in [-0.1, -0.05) is 0 Å². The second-order valence-electron chi connectivity index (χ2n) is 6.52. The molecule has 0 aliphatic carbocycles. The molecule has 0 spiro atoms. The first-order valence-electron chi connectivity index (χ1n) is 6.66. The highest BCUT2D eigenvalue weighted by molar-refractivity contribution is 5.68. The minimum absolute atomic E-state index is 0.0293. The monoisotopic (exact) mass is 256 g/mol. The average Bonchev–Trinajstić information content (AvgIpc) is 2.69. The molecule has 0 saturated carbocycles. The van der Waals surface area contributed by atoms with Crippen molar-refractivity contribution in [2.75, 3.05) is 32.8 Å². The van der Waals surface area contributed by atoms with Crippen LogP contribution in [0.2, 0.25) is 0 Å². The Kier molecular flexibility index (Phi) is 3.56. The molecule has 0 aromatic carbocycles. The summed E-state index contributed by atoms with van der Waals surface area (Å²) in [7, 11) is 0. The van der Waals surface area contributed by atoms with Crippen LogP contribution in [0.4, 0.5) is 4.79 Å². The number of piperidine rings is 1. The number of carbonyl (C=O) groups is 1. The Morgan fingerprint density at radius 1 is 1.56 bits per heavy atom. The first kappa shape index (κ1) is 13.6. The molecule has 0 bridgehead atoms. The fourth-order valence-electron chi connectivity index (χ4n) is 2.88. The van der Waals surface area contributed by atoms with Crippen molar-refractivity contribution < 1.29 is 14.6 Å². The summed E-state index contributed by atoms with van der Waals surface area (Å²) in [6.07, 6.45) is 0.612. The van der Waals surface area contributed by atoms with Crippen LogP contribution >= 0.6 is 0 Å². The molecule has 2 heterocycles. The lowest BCUT2D eigenvalue weighted by atomic mass is 9.73. The number of aliphatic hydroxyl groups excluding tert-OH is 1. The molecule has 2 rings (SSSR count). The van der Waals surface area contributed by atoms with Crippen LogP contribution in [0, 0.1) is 11.3 Å². The first-order valence-corrected chi connectivity index (χ1v) is 6.66. The zero-order valence-corrected chi connectivity index (χ0v) is 11.5. The van der Waals surface area contributed by atoms with E-state index in [0.29, 0.717) is 19.0 Å². The Bertz CT molecular complexity index is 327. The van der Waals surface area contributed by atoms with Gasteiger partial charge < -0.3 is 20.1 Å². The topological polar surface area (TPSA) is 61.8 Å². The third-order valence-electron chi connectivity index (χ3n) is 4.02. The molecule has 2 aliphatic heterocycles. The number of rotatable bonds is 1. The van der Waals surface area contributed by atoms with E-state index in [2.05, 4.69) is 5.32 Å². The molecule has 0 radical (unpaired) electrons. The quantitative estimate of drug-likeness (QED) is 0.729. The average molecular weight is 256 g/mol. The molecule has 18 heavy (non-hydrogen) atoms. The summed E-state index contributed by atoms with van der Waals surface area (Å²) in [6.45, 7) is 8.93. The van der Waals surface area contributed by atoms with Crippen LogP contribution in [0.5, 0.6) is 0 Å². The Morgan fingerprint density at radius 3 is 2.89 bits per heavy atom. The van der Waals surface area contributed by atoms with Crippen molar-refractivity contribution in [2.24, 2.45) is 11.3 Å². The van der Waals surface area contributed by atoms with Gasteiger partial charge in [0.15, 0.2) is 0 Å². The SMILES string of the molecule is CC(C)(C)OC(=O)N1CCC2(CO)CNCC2C1. The third-order valence-corrected chi connectivity index (χ3v) is 4.02. The Balaban J connectivity index is 1.97. The molecule has 104 valence electrons. The van der Waals surface area contributed by atoms with Crippen molar-refractivity contribution in [3.8, 4) is 0 Å². The molecule has 2 saturated heterocycles. The van der Waals surface area contributed by atoms with Crippen LogP contribution in [0.1, 0.15) is 27.2 Å². The molecular weight excluding hydrogens is 232 g/mol. The van der Waals surface area contributed by atoms with Gasteiger partial charge in [-0.2, -0.15) is 0 Å². The van der Waals surface area contributed by atoms with E-state index in [1.54, 1.807) is 4.90 Å². The Hall–Kier alpha value is -0.810. The minimum atomic E-state index is -0.448. The van der Waals surface area contributed by atoms with Crippen LogP contribution in [-0.4, -0.2) is 54.5 Å². The number of fused-ring (bicyclic) bond motifs is 1. The van der Waals surface area contributed by atoms with Crippen LogP contribution in [0.25, 0.3) is 0 Å². The van der Waals surface area contributed by atoms with Crippen molar-refractivity contribution >= 4 is 6.09 Å². The van der Waals surface area contributed by atoms with Crippen molar-refractivity contribution in [2.45, 2.75) is 32.8 Å². The molecule has 2 N–H and O–H groups in total. The number of amides is 1. The lowest BCUT2D eigenvalue weighted by molar-refractivity contribution is -0.0116. The van der Waals surface area contributed by atoms with E-state index in [0.717, 1.165) is 19.5 Å². The standard InChI is InChI=1S/C13H24N2O3/c1-12(2,3)18-11(17)15-5-4-13(9-16)8-14-6-10(13)7-15/h10,14,16H,4-9H2,1-3H3. The van der Waals surface area contributed by atoms with Crippen LogP contribution < -0.4 is 5.32 Å². The van der Waals surface area contributed by atoms with Crippen molar-refractivity contribution in [3.05, 3.63) is 0 Å². The molecule has 0 aromatic rings. The number of likely N-dealkylation sites (tertiary alicyclic amines) is 1. The summed E-state index contributed by atoms with van der Waals surface area (Å²) < 4.78 is 5.40. The predicted molar refractivity (Wildman–Crippen MR) is 68.3 cm³/mol. The van der Waals surface area contributed by atoms with E-state index < -0.39 is 5.60 Å². The molecule has 2 atom stereocenters. The fraction of sp³-hybridized carbons (Fsp3) is 0.923. The van der Waals surface area contributed by atoms with Crippen LogP contribution in [-0.2, 0) is 4.74 Å². The highest BCUT2D eigenvalue weighted by Crippen LogP contribution is 2.39. The van der Waals surface area contributed by atoms with Crippen molar-refractivity contribution in [1.29, 1.82) is 0 Å². The number of nitrogens with one attached hydrogen (secondary N) is 1. The molecular formula is C13H24N2O3. The van der Waals surface area contributed by atoms with E-state index in [4.69, 9.17) is 4.74 Å². The molecule has 5 nitrogen and oxygen atoms in total. The van der Waals surface area contributed by atoms with Gasteiger partial charge in [0.25, 0.3) is 0 Å². The summed E-state index contributed by atoms with van der Waals surface area (Å²) in [5, 5.41) is 12.9. The molecule has 2 fully saturated rings. The van der Waals surface area contributed by atoms with Crippen LogP contribution in [0.15, 0.2) is 0 Å². The van der Waals surface area contributed by atoms with Gasteiger partial charge in [0.1, 0.15) is 5.60 Å². The minimum Gasteiger partial charge on any atom is -0.444 e. The summed E-state index contributed by atoms with van der Waals surface area (Å²) >= 11 is 0. The Labute approximate surface area is 108 Å². The van der Waals surface area contributed by atoms with Gasteiger partial charge in [0, 0.05) is 31.6 Å². The van der Waals surface area contributed by atoms with Crippen molar-refractivity contribution in [3.63, 3.8) is 0 Å². The zero-order chi connectivity index (χ0) is 13.4. The summed E-state index contributed by atoms with van der Waals surface area (Å²) in [5.74, 6) is 0.337. The number of carbonyl (C=O) groups excluding carboxylic acids is 1. The number of ether oxygens (including phenoxy) is 1. The largest absolute Gasteiger partial charge is 0.444 e. The first-order chi connectivity index (χ1) is 8.36. The number of nitrogens with zero attached hydrogens (tertiary/aromatic N) is 1. The maximum atomic E-state index is 12.0. The normalized spacial score (nSPS) is 32.2. The third kappa shape index (κ3) is 2.62. The van der Waals surface area contributed by atoms with E-state index in [1.807, 2.05) is 20.8 Å². The summed E-state index contributed by atoms with van der Waals surface area (Å²) in [5.41, 5.74) is -0.477. The zero-order valence-electron chi connectivity index (χ0n) is 11.5. The Morgan fingerprint density at radius 2 is 2.28 bits per heavy atom. The van der Waals surface area contributed by atoms with Crippen molar-refractivity contribution in [1.82, 2.24) is 10.2 Å². The summed E-state index contributed by atoms with van der Waals surface area (Å²) in [6, 6.07) is 0. The van der Waals surface area contributed by atoms with E-state index >= 15 is 0 Å². The summed E-state index contributed by atoms with van der Waals surface area (Å²) in [4.78, 5) is 13.8. The van der Waals surface area contributed by atoms with Crippen LogP contribution in [0.3, 0.4) is 0 Å². The van der Waals surface area contributed by atoms with Gasteiger partial charge in [0.05, 0.1) is 6.61 Å². The van der Waals surface area contributed by atoms with E-state index in [1.165, 1.54) is 0 Å². The molecule has 2 unspecified atom stereocenters. The predicted octanol–water partition coefficient (Wildman–Crippen LogP) is 0.825. The second-order valence-corrected chi connectivity index (χ2v) is 6.52. The number of hydrogen-bond donors (Lipinski definition) is 2. The smallest absolute Gasteiger partial charge is 0.410 e. The van der Waals surface area contributed by atoms with Gasteiger partial charge in [-0.05, 0) is 33.1 Å². The molecule has 0 aromatic heterocycles. The van der Waals surface area contributed by atoms with Gasteiger partial charge >= 0.3 is 6.09 Å².